The van der Waals surface area contributed by atoms with E-state index in [2.05, 4.69) is 5.10 Å². The van der Waals surface area contributed by atoms with E-state index in [0.29, 0.717) is 41.5 Å². The third kappa shape index (κ3) is 3.76. The van der Waals surface area contributed by atoms with Crippen molar-refractivity contribution in [2.45, 2.75) is 32.4 Å². The molecule has 8 heteroatoms. The highest BCUT2D eigenvalue weighted by Crippen LogP contribution is 2.41. The first-order valence-electron chi connectivity index (χ1n) is 9.42. The van der Waals surface area contributed by atoms with Crippen LogP contribution in [0.5, 0.6) is 0 Å². The minimum absolute atomic E-state index is 0.0593. The molecule has 2 aliphatic rings. The van der Waals surface area contributed by atoms with Crippen LogP contribution in [0.1, 0.15) is 25.3 Å². The van der Waals surface area contributed by atoms with E-state index in [9.17, 15) is 9.59 Å². The third-order valence-electron chi connectivity index (χ3n) is 5.89. The molecule has 1 aliphatic heterocycles. The van der Waals surface area contributed by atoms with Gasteiger partial charge in [-0.1, -0.05) is 41.4 Å². The Hall–Kier alpha value is -2.05. The Bertz CT molecular complexity index is 886. The van der Waals surface area contributed by atoms with E-state index >= 15 is 0 Å². The van der Waals surface area contributed by atoms with E-state index in [1.807, 2.05) is 34.1 Å². The van der Waals surface area contributed by atoms with Crippen molar-refractivity contribution in [1.29, 1.82) is 0 Å². The first-order valence-corrected chi connectivity index (χ1v) is 10.2. The van der Waals surface area contributed by atoms with Gasteiger partial charge in [0.05, 0.1) is 17.4 Å². The summed E-state index contributed by atoms with van der Waals surface area (Å²) in [6.07, 6.45) is 4.80. The maximum absolute atomic E-state index is 12.6. The summed E-state index contributed by atoms with van der Waals surface area (Å²) < 4.78 is 1.29. The summed E-state index contributed by atoms with van der Waals surface area (Å²) in [5.74, 6) is 0.852. The molecule has 0 spiro atoms. The molecule has 2 fully saturated rings. The molecule has 4 rings (SSSR count). The molecular weight excluding hydrogens is 399 g/mol. The summed E-state index contributed by atoms with van der Waals surface area (Å²) >= 11 is 12.2. The molecule has 0 bridgehead atoms. The molecule has 2 amide bonds. The van der Waals surface area contributed by atoms with Crippen molar-refractivity contribution >= 4 is 35.1 Å². The lowest BCUT2D eigenvalue weighted by Gasteiger charge is -2.30. The second-order valence-corrected chi connectivity index (χ2v) is 8.52. The largest absolute Gasteiger partial charge is 0.344 e. The van der Waals surface area contributed by atoms with Crippen LogP contribution >= 0.6 is 23.2 Å². The zero-order chi connectivity index (χ0) is 19.8. The van der Waals surface area contributed by atoms with Crippen LogP contribution in [0.2, 0.25) is 10.0 Å². The summed E-state index contributed by atoms with van der Waals surface area (Å²) in [4.78, 5) is 28.7. The van der Waals surface area contributed by atoms with Gasteiger partial charge in [0.25, 0.3) is 0 Å². The van der Waals surface area contributed by atoms with E-state index in [-0.39, 0.29) is 18.0 Å². The number of likely N-dealkylation sites (tertiary alicyclic amines) is 1. The van der Waals surface area contributed by atoms with Crippen molar-refractivity contribution < 1.29 is 9.59 Å². The number of aromatic nitrogens is 2. The highest BCUT2D eigenvalue weighted by Gasteiger charge is 2.44. The van der Waals surface area contributed by atoms with Crippen molar-refractivity contribution in [3.63, 3.8) is 0 Å². The van der Waals surface area contributed by atoms with E-state index < -0.39 is 0 Å². The molecule has 2 aromatic rings. The van der Waals surface area contributed by atoms with Crippen LogP contribution in [0.25, 0.3) is 0 Å². The fraction of sp³-hybridized carbons (Fsp3) is 0.450. The van der Waals surface area contributed by atoms with Crippen LogP contribution in [0.4, 0.5) is 4.79 Å². The fourth-order valence-electron chi connectivity index (χ4n) is 4.54. The number of carbonyl (C=O) groups is 2. The van der Waals surface area contributed by atoms with E-state index in [4.69, 9.17) is 23.2 Å². The summed E-state index contributed by atoms with van der Waals surface area (Å²) in [6, 6.07) is 7.68. The van der Waals surface area contributed by atoms with Gasteiger partial charge in [-0.25, -0.2) is 4.79 Å². The Labute approximate surface area is 174 Å². The molecule has 1 aliphatic carbocycles. The molecule has 1 saturated heterocycles. The highest BCUT2D eigenvalue weighted by atomic mass is 35.5. The van der Waals surface area contributed by atoms with Gasteiger partial charge >= 0.3 is 6.03 Å². The number of hydrogen-bond donors (Lipinski definition) is 0. The summed E-state index contributed by atoms with van der Waals surface area (Å²) in [5, 5.41) is 5.13. The Kier molecular flexibility index (Phi) is 5.34. The highest BCUT2D eigenvalue weighted by molar-refractivity contribution is 6.31. The second kappa shape index (κ2) is 7.76. The zero-order valence-corrected chi connectivity index (χ0v) is 17.1. The van der Waals surface area contributed by atoms with Crippen LogP contribution < -0.4 is 0 Å². The fourth-order valence-corrected chi connectivity index (χ4v) is 4.87. The molecular formula is C20H22Cl2N4O2. The van der Waals surface area contributed by atoms with Gasteiger partial charge in [-0.15, -0.1) is 0 Å². The zero-order valence-electron chi connectivity index (χ0n) is 15.6. The lowest BCUT2D eigenvalue weighted by Crippen LogP contribution is -2.39. The normalized spacial score (nSPS) is 23.7. The van der Waals surface area contributed by atoms with Gasteiger partial charge in [0.1, 0.15) is 0 Å². The molecule has 3 atom stereocenters. The Morgan fingerprint density at radius 2 is 1.86 bits per heavy atom. The smallest absolute Gasteiger partial charge is 0.336 e. The van der Waals surface area contributed by atoms with Crippen LogP contribution in [0.3, 0.4) is 0 Å². The van der Waals surface area contributed by atoms with E-state index in [0.717, 1.165) is 18.4 Å². The number of carbonyl (C=O) groups excluding carboxylic acids is 2. The minimum atomic E-state index is -0.141. The summed E-state index contributed by atoms with van der Waals surface area (Å²) in [7, 11) is 0. The quantitative estimate of drug-likeness (QED) is 0.755. The van der Waals surface area contributed by atoms with Crippen molar-refractivity contribution in [1.82, 2.24) is 19.6 Å². The molecule has 0 N–H and O–H groups in total. The molecule has 1 aromatic carbocycles. The van der Waals surface area contributed by atoms with Crippen molar-refractivity contribution in [2.75, 3.05) is 13.1 Å². The van der Waals surface area contributed by atoms with E-state index in [1.165, 1.54) is 17.1 Å². The molecule has 1 aromatic heterocycles. The van der Waals surface area contributed by atoms with Crippen molar-refractivity contribution in [3.05, 3.63) is 52.3 Å². The van der Waals surface area contributed by atoms with Crippen LogP contribution in [-0.4, -0.2) is 50.6 Å². The monoisotopic (exact) mass is 420 g/mol. The molecule has 1 saturated carbocycles. The van der Waals surface area contributed by atoms with E-state index in [1.54, 1.807) is 6.92 Å². The first-order chi connectivity index (χ1) is 13.4. The SMILES string of the molecule is CC(=O)N(Cc1ccccc1Cl)[C@H]1C[C@@H]2CN(C(=O)n3cc(Cl)cn3)C[C@@H]2C1. The van der Waals surface area contributed by atoms with Crippen LogP contribution in [-0.2, 0) is 11.3 Å². The molecule has 6 nitrogen and oxygen atoms in total. The molecule has 2 heterocycles. The van der Waals surface area contributed by atoms with Crippen molar-refractivity contribution in [3.8, 4) is 0 Å². The Balaban J connectivity index is 1.41. The maximum Gasteiger partial charge on any atom is 0.344 e. The molecule has 28 heavy (non-hydrogen) atoms. The minimum Gasteiger partial charge on any atom is -0.336 e. The Morgan fingerprint density at radius 3 is 2.43 bits per heavy atom. The summed E-state index contributed by atoms with van der Waals surface area (Å²) in [5.41, 5.74) is 0.962. The number of amides is 2. The number of rotatable bonds is 3. The molecule has 0 radical (unpaired) electrons. The second-order valence-electron chi connectivity index (χ2n) is 7.67. The van der Waals surface area contributed by atoms with Gasteiger partial charge in [-0.05, 0) is 36.3 Å². The molecule has 148 valence electrons. The maximum atomic E-state index is 12.6. The summed E-state index contributed by atoms with van der Waals surface area (Å²) in [6.45, 7) is 3.51. The van der Waals surface area contributed by atoms with Gasteiger partial charge in [0.15, 0.2) is 0 Å². The van der Waals surface area contributed by atoms with Crippen LogP contribution in [0.15, 0.2) is 36.7 Å². The number of halogens is 2. The average Bonchev–Trinajstić information content (AvgIpc) is 3.34. The van der Waals surface area contributed by atoms with Gasteiger partial charge < -0.3 is 9.80 Å². The van der Waals surface area contributed by atoms with Gasteiger partial charge in [0.2, 0.25) is 5.91 Å². The topological polar surface area (TPSA) is 58.4 Å². The van der Waals surface area contributed by atoms with Crippen molar-refractivity contribution in [2.24, 2.45) is 11.8 Å². The number of hydrogen-bond acceptors (Lipinski definition) is 3. The standard InChI is InChI=1S/C20H22Cl2N4O2/c1-13(27)25(11-14-4-2-3-5-19(14)22)18-6-15-9-24(10-16(15)7-18)20(28)26-12-17(21)8-23-26/h2-5,8,12,15-16,18H,6-7,9-11H2,1H3/t15-,16+,18+. The Morgan fingerprint density at radius 1 is 1.18 bits per heavy atom. The number of nitrogens with zero attached hydrogens (tertiary/aromatic N) is 4. The van der Waals surface area contributed by atoms with Gasteiger partial charge in [-0.3, -0.25) is 4.79 Å². The molecule has 0 unspecified atom stereocenters. The first kappa shape index (κ1) is 19.3. The van der Waals surface area contributed by atoms with Crippen LogP contribution in [0, 0.1) is 11.8 Å². The number of fused-ring (bicyclic) bond motifs is 1. The van der Waals surface area contributed by atoms with Gasteiger partial charge in [0, 0.05) is 37.6 Å². The predicted molar refractivity (Wildman–Crippen MR) is 107 cm³/mol. The van der Waals surface area contributed by atoms with Gasteiger partial charge in [-0.2, -0.15) is 9.78 Å². The predicted octanol–water partition coefficient (Wildman–Crippen LogP) is 3.92. The average molecular weight is 421 g/mol. The lowest BCUT2D eigenvalue weighted by molar-refractivity contribution is -0.131. The number of benzene rings is 1. The third-order valence-corrected chi connectivity index (χ3v) is 6.45. The lowest BCUT2D eigenvalue weighted by atomic mass is 10.0.